The normalized spacial score (nSPS) is 24.5. The van der Waals surface area contributed by atoms with E-state index in [4.69, 9.17) is 9.47 Å². The summed E-state index contributed by atoms with van der Waals surface area (Å²) in [5.41, 5.74) is 0.950. The molecule has 1 N–H and O–H groups in total. The number of ether oxygens (including phenoxy) is 2. The minimum absolute atomic E-state index is 0.0910. The van der Waals surface area contributed by atoms with Crippen molar-refractivity contribution in [3.8, 4) is 5.75 Å². The lowest BCUT2D eigenvalue weighted by Gasteiger charge is -2.56. The number of rotatable bonds is 3. The first kappa shape index (κ1) is 17.2. The fourth-order valence-electron chi connectivity index (χ4n) is 4.42. The molecule has 1 spiro atoms. The molecule has 2 atom stereocenters. The number of likely N-dealkylation sites (tertiary alicyclic amines) is 1. The molecule has 1 amide bonds. The lowest BCUT2D eigenvalue weighted by molar-refractivity contribution is -0.199. The number of pyridine rings is 1. The van der Waals surface area contributed by atoms with Crippen LogP contribution in [0.5, 0.6) is 5.75 Å². The third-order valence-corrected chi connectivity index (χ3v) is 6.13. The molecule has 0 radical (unpaired) electrons. The highest BCUT2D eigenvalue weighted by Gasteiger charge is 2.56. The fraction of sp³-hybridized carbons (Fsp3) is 0.500. The maximum Gasteiger partial charge on any atom is 0.272 e. The SMILES string of the molecule is COc1cc(C(=O)N2CCC3(CC2)[C@H](O)C[C@@H]3OC)nc2ccccc12. The summed E-state index contributed by atoms with van der Waals surface area (Å²) in [7, 11) is 3.30. The Kier molecular flexibility index (Phi) is 4.32. The van der Waals surface area contributed by atoms with Crippen molar-refractivity contribution >= 4 is 16.8 Å². The third-order valence-electron chi connectivity index (χ3n) is 6.13. The van der Waals surface area contributed by atoms with Crippen molar-refractivity contribution < 1.29 is 19.4 Å². The van der Waals surface area contributed by atoms with Crippen LogP contribution in [-0.4, -0.2) is 60.4 Å². The van der Waals surface area contributed by atoms with Crippen LogP contribution in [0.4, 0.5) is 0 Å². The number of hydrogen-bond donors (Lipinski definition) is 1. The Morgan fingerprint density at radius 1 is 1.27 bits per heavy atom. The highest BCUT2D eigenvalue weighted by molar-refractivity contribution is 5.97. The van der Waals surface area contributed by atoms with Crippen molar-refractivity contribution in [2.45, 2.75) is 31.5 Å². The molecule has 2 heterocycles. The lowest BCUT2D eigenvalue weighted by atomic mass is 9.58. The summed E-state index contributed by atoms with van der Waals surface area (Å²) in [5, 5.41) is 11.1. The van der Waals surface area contributed by atoms with E-state index in [0.29, 0.717) is 31.0 Å². The maximum atomic E-state index is 13.0. The topological polar surface area (TPSA) is 71.9 Å². The number of carbonyl (C=O) groups excluding carboxylic acids is 1. The van der Waals surface area contributed by atoms with Gasteiger partial charge in [0.2, 0.25) is 0 Å². The van der Waals surface area contributed by atoms with Crippen LogP contribution in [0.15, 0.2) is 30.3 Å². The molecule has 138 valence electrons. The minimum atomic E-state index is -0.330. The molecule has 1 saturated carbocycles. The van der Waals surface area contributed by atoms with Gasteiger partial charge in [0, 0.05) is 43.5 Å². The Labute approximate surface area is 152 Å². The van der Waals surface area contributed by atoms with Crippen LogP contribution in [0, 0.1) is 5.41 Å². The van der Waals surface area contributed by atoms with Crippen LogP contribution in [-0.2, 0) is 4.74 Å². The molecule has 1 aromatic carbocycles. The first-order valence-corrected chi connectivity index (χ1v) is 9.03. The number of methoxy groups -OCH3 is 2. The molecule has 0 unspecified atom stereocenters. The predicted octanol–water partition coefficient (Wildman–Crippen LogP) is 2.25. The van der Waals surface area contributed by atoms with Gasteiger partial charge in [0.05, 0.1) is 24.8 Å². The van der Waals surface area contributed by atoms with Gasteiger partial charge in [-0.1, -0.05) is 12.1 Å². The number of piperidine rings is 1. The predicted molar refractivity (Wildman–Crippen MR) is 97.3 cm³/mol. The number of nitrogens with zero attached hydrogens (tertiary/aromatic N) is 2. The van der Waals surface area contributed by atoms with Crippen LogP contribution < -0.4 is 4.74 Å². The Morgan fingerprint density at radius 3 is 2.65 bits per heavy atom. The van der Waals surface area contributed by atoms with Crippen LogP contribution >= 0.6 is 0 Å². The summed E-state index contributed by atoms with van der Waals surface area (Å²) in [6, 6.07) is 9.35. The number of fused-ring (bicyclic) bond motifs is 1. The number of para-hydroxylation sites is 1. The highest BCUT2D eigenvalue weighted by atomic mass is 16.5. The highest BCUT2D eigenvalue weighted by Crippen LogP contribution is 2.50. The zero-order chi connectivity index (χ0) is 18.3. The first-order chi connectivity index (χ1) is 12.6. The number of benzene rings is 1. The number of amides is 1. The lowest BCUT2D eigenvalue weighted by Crippen LogP contribution is -2.62. The van der Waals surface area contributed by atoms with E-state index < -0.39 is 0 Å². The van der Waals surface area contributed by atoms with Gasteiger partial charge >= 0.3 is 0 Å². The molecule has 6 heteroatoms. The molecular formula is C20H24N2O4. The Hall–Kier alpha value is -2.18. The number of carbonyl (C=O) groups is 1. The smallest absolute Gasteiger partial charge is 0.272 e. The molecule has 6 nitrogen and oxygen atoms in total. The van der Waals surface area contributed by atoms with Crippen LogP contribution in [0.3, 0.4) is 0 Å². The average Bonchev–Trinajstić information content (AvgIpc) is 2.70. The van der Waals surface area contributed by atoms with Gasteiger partial charge in [0.1, 0.15) is 11.4 Å². The third kappa shape index (κ3) is 2.56. The van der Waals surface area contributed by atoms with Gasteiger partial charge < -0.3 is 19.5 Å². The van der Waals surface area contributed by atoms with Crippen molar-refractivity contribution in [2.75, 3.05) is 27.3 Å². The summed E-state index contributed by atoms with van der Waals surface area (Å²) in [6.45, 7) is 1.21. The van der Waals surface area contributed by atoms with Gasteiger partial charge in [-0.15, -0.1) is 0 Å². The van der Waals surface area contributed by atoms with Crippen molar-refractivity contribution in [3.05, 3.63) is 36.0 Å². The zero-order valence-corrected chi connectivity index (χ0v) is 15.1. The Bertz CT molecular complexity index is 830. The molecule has 2 aromatic rings. The summed E-state index contributed by atoms with van der Waals surface area (Å²) in [6.07, 6.45) is 1.96. The summed E-state index contributed by atoms with van der Waals surface area (Å²) >= 11 is 0. The Balaban J connectivity index is 1.55. The molecule has 4 rings (SSSR count). The van der Waals surface area contributed by atoms with Gasteiger partial charge in [-0.25, -0.2) is 4.98 Å². The molecule has 26 heavy (non-hydrogen) atoms. The number of hydrogen-bond acceptors (Lipinski definition) is 5. The molecule has 1 saturated heterocycles. The van der Waals surface area contributed by atoms with Crippen LogP contribution in [0.25, 0.3) is 10.9 Å². The minimum Gasteiger partial charge on any atom is -0.496 e. The second-order valence-electron chi connectivity index (χ2n) is 7.23. The first-order valence-electron chi connectivity index (χ1n) is 9.03. The van der Waals surface area contributed by atoms with Crippen molar-refractivity contribution in [1.29, 1.82) is 0 Å². The molecule has 1 aliphatic carbocycles. The van der Waals surface area contributed by atoms with E-state index in [1.165, 1.54) is 0 Å². The second kappa shape index (κ2) is 6.52. The van der Waals surface area contributed by atoms with Gasteiger partial charge in [-0.2, -0.15) is 0 Å². The molecule has 2 aliphatic rings. The van der Waals surface area contributed by atoms with Gasteiger partial charge in [-0.3, -0.25) is 4.79 Å². The number of aliphatic hydroxyl groups excluding tert-OH is 1. The standard InChI is InChI=1S/C20H24N2O4/c1-25-16-11-15(21-14-6-4-3-5-13(14)16)19(24)22-9-7-20(8-10-22)17(23)12-18(20)26-2/h3-6,11,17-18,23H,7-10,12H2,1-2H3/t17-,18+/m1/s1. The van der Waals surface area contributed by atoms with Gasteiger partial charge in [-0.05, 0) is 25.0 Å². The largest absolute Gasteiger partial charge is 0.496 e. The molecule has 1 aliphatic heterocycles. The van der Waals surface area contributed by atoms with E-state index in [1.54, 1.807) is 20.3 Å². The van der Waals surface area contributed by atoms with E-state index in [2.05, 4.69) is 4.98 Å². The molecule has 2 fully saturated rings. The van der Waals surface area contributed by atoms with Gasteiger partial charge in [0.25, 0.3) is 5.91 Å². The quantitative estimate of drug-likeness (QED) is 0.913. The average molecular weight is 356 g/mol. The fourth-order valence-corrected chi connectivity index (χ4v) is 4.42. The number of aliphatic hydroxyl groups is 1. The summed E-state index contributed by atoms with van der Waals surface area (Å²) < 4.78 is 11.0. The van der Waals surface area contributed by atoms with Crippen molar-refractivity contribution in [2.24, 2.45) is 5.41 Å². The van der Waals surface area contributed by atoms with E-state index in [-0.39, 0.29) is 23.5 Å². The monoisotopic (exact) mass is 356 g/mol. The number of aromatic nitrogens is 1. The Morgan fingerprint density at radius 2 is 2.00 bits per heavy atom. The second-order valence-corrected chi connectivity index (χ2v) is 7.23. The van der Waals surface area contributed by atoms with E-state index >= 15 is 0 Å². The maximum absolute atomic E-state index is 13.0. The van der Waals surface area contributed by atoms with E-state index in [9.17, 15) is 9.90 Å². The van der Waals surface area contributed by atoms with Gasteiger partial charge in [0.15, 0.2) is 0 Å². The van der Waals surface area contributed by atoms with Crippen molar-refractivity contribution in [1.82, 2.24) is 9.88 Å². The van der Waals surface area contributed by atoms with Crippen molar-refractivity contribution in [3.63, 3.8) is 0 Å². The van der Waals surface area contributed by atoms with Crippen LogP contribution in [0.2, 0.25) is 0 Å². The van der Waals surface area contributed by atoms with E-state index in [1.807, 2.05) is 29.2 Å². The molecule has 0 bridgehead atoms. The molecule has 1 aromatic heterocycles. The summed E-state index contributed by atoms with van der Waals surface area (Å²) in [5.74, 6) is 0.563. The summed E-state index contributed by atoms with van der Waals surface area (Å²) in [4.78, 5) is 19.3. The zero-order valence-electron chi connectivity index (χ0n) is 15.1. The molecular weight excluding hydrogens is 332 g/mol. The van der Waals surface area contributed by atoms with E-state index in [0.717, 1.165) is 23.7 Å². The van der Waals surface area contributed by atoms with Crippen LogP contribution in [0.1, 0.15) is 29.8 Å².